The van der Waals surface area contributed by atoms with Crippen LogP contribution in [0.15, 0.2) is 133 Å². The fraction of sp³-hybridized carbons (Fsp3) is 0. The van der Waals surface area contributed by atoms with E-state index in [-0.39, 0.29) is 0 Å². The summed E-state index contributed by atoms with van der Waals surface area (Å²) in [5.41, 5.74) is 13.8. The molecule has 0 spiro atoms. The number of aromatic nitrogens is 7. The molecule has 0 aliphatic rings. The summed E-state index contributed by atoms with van der Waals surface area (Å²) in [6, 6.07) is 46.3. The summed E-state index contributed by atoms with van der Waals surface area (Å²) in [6.07, 6.45) is 0. The van der Waals surface area contributed by atoms with E-state index in [0.29, 0.717) is 0 Å². The van der Waals surface area contributed by atoms with Crippen LogP contribution in [0, 0.1) is 0 Å². The second-order valence-corrected chi connectivity index (χ2v) is 15.1. The summed E-state index contributed by atoms with van der Waals surface area (Å²) < 4.78 is 30.1. The molecule has 0 amide bonds. The Kier molecular flexibility index (Phi) is 7.08. The lowest BCUT2D eigenvalue weighted by Crippen LogP contribution is -2.12. The van der Waals surface area contributed by atoms with E-state index in [1.165, 1.54) is 50.7 Å². The van der Waals surface area contributed by atoms with Crippen molar-refractivity contribution < 1.29 is 0 Å². The van der Waals surface area contributed by atoms with E-state index < -0.39 is 0 Å². The second-order valence-electron chi connectivity index (χ2n) is 12.5. The highest BCUT2D eigenvalue weighted by Gasteiger charge is 2.26. The zero-order valence-corrected chi connectivity index (χ0v) is 30.7. The van der Waals surface area contributed by atoms with Gasteiger partial charge in [-0.05, 0) is 70.4 Å². The number of hydrogen-bond donors (Lipinski definition) is 0. The van der Waals surface area contributed by atoms with Gasteiger partial charge in [0.2, 0.25) is 0 Å². The van der Waals surface area contributed by atoms with Crippen molar-refractivity contribution in [3.8, 4) is 32.8 Å². The maximum atomic E-state index is 4.92. The Morgan fingerprint density at radius 2 is 1.00 bits per heavy atom. The molecule has 0 saturated heterocycles. The first kappa shape index (κ1) is 30.6. The lowest BCUT2D eigenvalue weighted by atomic mass is 9.96. The van der Waals surface area contributed by atoms with Crippen LogP contribution in [0.4, 0.5) is 17.1 Å². The smallest absolute Gasteiger partial charge is 0.129 e. The summed E-state index contributed by atoms with van der Waals surface area (Å²) >= 11 is 5.34. The van der Waals surface area contributed by atoms with Crippen molar-refractivity contribution in [3.05, 3.63) is 133 Å². The third-order valence-corrected chi connectivity index (χ3v) is 12.3. The minimum Gasteiger partial charge on any atom is -0.304 e. The van der Waals surface area contributed by atoms with E-state index in [1.54, 1.807) is 11.3 Å². The van der Waals surface area contributed by atoms with Gasteiger partial charge in [0.15, 0.2) is 0 Å². The molecule has 4 aromatic heterocycles. The highest BCUT2D eigenvalue weighted by Crippen LogP contribution is 2.47. The normalized spacial score (nSPS) is 11.8. The van der Waals surface area contributed by atoms with Crippen LogP contribution in [0.2, 0.25) is 0 Å². The van der Waals surface area contributed by atoms with Gasteiger partial charge in [0, 0.05) is 16.7 Å². The summed E-state index contributed by atoms with van der Waals surface area (Å²) in [5.74, 6) is 0. The molecule has 0 saturated carbocycles. The summed E-state index contributed by atoms with van der Waals surface area (Å²) in [4.78, 5) is 7.06. The molecule has 0 unspecified atom stereocenters. The van der Waals surface area contributed by atoms with E-state index in [9.17, 15) is 0 Å². The van der Waals surface area contributed by atoms with Crippen LogP contribution in [0.5, 0.6) is 0 Å². The number of rotatable bonds is 6. The Morgan fingerprint density at radius 1 is 0.396 bits per heavy atom. The molecule has 0 radical (unpaired) electrons. The molecule has 0 N–H and O–H groups in total. The number of benzene rings is 7. The summed E-state index contributed by atoms with van der Waals surface area (Å²) in [5, 5.41) is 3.36. The molecule has 11 rings (SSSR count). The Labute approximate surface area is 318 Å². The number of para-hydroxylation sites is 1. The lowest BCUT2D eigenvalue weighted by molar-refractivity contribution is 1.31. The molecule has 0 aliphatic heterocycles. The van der Waals surface area contributed by atoms with Crippen molar-refractivity contribution in [2.75, 3.05) is 4.90 Å². The monoisotopic (exact) mass is 754 g/mol. The number of anilines is 3. The van der Waals surface area contributed by atoms with Gasteiger partial charge in [-0.1, -0.05) is 84.9 Å². The van der Waals surface area contributed by atoms with Crippen LogP contribution in [0.3, 0.4) is 0 Å². The van der Waals surface area contributed by atoms with E-state index in [0.717, 1.165) is 88.5 Å². The van der Waals surface area contributed by atoms with Gasteiger partial charge in [-0.15, -0.1) is 11.3 Å². The molecule has 0 aliphatic carbocycles. The standard InChI is InChI=1S/C41H22N8S4/c1-2-9-26-23(7-1)8-5-10-28(26)29-20-22-34(40-37(29)45-53-48-40)49(32-13-6-12-31-38(32)46-51-43-31)33-21-19-27(36-39(33)47-52-44-36)24-15-17-25(18-16-24)41-42-30-11-3-4-14-35(30)50-41/h1-22H. The maximum Gasteiger partial charge on any atom is 0.129 e. The number of fused-ring (bicyclic) bond motifs is 5. The van der Waals surface area contributed by atoms with E-state index in [4.69, 9.17) is 26.9 Å². The average Bonchev–Trinajstić information content (AvgIpc) is 4.05. The largest absolute Gasteiger partial charge is 0.304 e. The van der Waals surface area contributed by atoms with E-state index in [2.05, 4.69) is 125 Å². The first-order valence-corrected chi connectivity index (χ1v) is 19.8. The molecule has 53 heavy (non-hydrogen) atoms. The Morgan fingerprint density at radius 3 is 1.83 bits per heavy atom. The van der Waals surface area contributed by atoms with Crippen molar-refractivity contribution >= 4 is 118 Å². The van der Waals surface area contributed by atoms with Crippen molar-refractivity contribution in [3.63, 3.8) is 0 Å². The Balaban J connectivity index is 1.08. The predicted octanol–water partition coefficient (Wildman–Crippen LogP) is 11.9. The number of hydrogen-bond acceptors (Lipinski definition) is 12. The first-order valence-electron chi connectivity index (χ1n) is 16.7. The van der Waals surface area contributed by atoms with Gasteiger partial charge in [0.05, 0.1) is 62.5 Å². The van der Waals surface area contributed by atoms with Crippen LogP contribution < -0.4 is 4.90 Å². The van der Waals surface area contributed by atoms with Crippen molar-refractivity contribution in [1.82, 2.24) is 31.2 Å². The van der Waals surface area contributed by atoms with Gasteiger partial charge in [0.1, 0.15) is 38.1 Å². The minimum absolute atomic E-state index is 0.789. The minimum atomic E-state index is 0.789. The molecule has 11 aromatic rings. The molecule has 0 bridgehead atoms. The van der Waals surface area contributed by atoms with Crippen LogP contribution >= 0.6 is 46.5 Å². The zero-order chi connectivity index (χ0) is 34.9. The third-order valence-electron chi connectivity index (χ3n) is 9.59. The van der Waals surface area contributed by atoms with Crippen LogP contribution in [0.25, 0.3) is 86.9 Å². The SMILES string of the molecule is c1ccc2c(-c3ccc(N(c4cccc5nsnc45)c4ccc(-c5ccc(-c6nc7ccccc7s6)cc5)c5nsnc45)c4nsnc34)cccc2c1. The highest BCUT2D eigenvalue weighted by atomic mass is 32.1. The molecule has 250 valence electrons. The summed E-state index contributed by atoms with van der Waals surface area (Å²) in [7, 11) is 0. The molecule has 7 aromatic carbocycles. The molecule has 0 fully saturated rings. The zero-order valence-electron chi connectivity index (χ0n) is 27.4. The topological polar surface area (TPSA) is 93.5 Å². The van der Waals surface area contributed by atoms with Crippen molar-refractivity contribution in [2.45, 2.75) is 0 Å². The quantitative estimate of drug-likeness (QED) is 0.166. The van der Waals surface area contributed by atoms with Gasteiger partial charge < -0.3 is 4.90 Å². The maximum absolute atomic E-state index is 4.92. The summed E-state index contributed by atoms with van der Waals surface area (Å²) in [6.45, 7) is 0. The Hall–Kier alpha value is -6.05. The molecule has 0 atom stereocenters. The third kappa shape index (κ3) is 4.95. The highest BCUT2D eigenvalue weighted by molar-refractivity contribution is 7.21. The van der Waals surface area contributed by atoms with E-state index >= 15 is 0 Å². The predicted molar refractivity (Wildman–Crippen MR) is 221 cm³/mol. The molecule has 4 heterocycles. The van der Waals surface area contributed by atoms with E-state index in [1.807, 2.05) is 18.2 Å². The van der Waals surface area contributed by atoms with Crippen LogP contribution in [-0.4, -0.2) is 31.2 Å². The van der Waals surface area contributed by atoms with Crippen LogP contribution in [0.1, 0.15) is 0 Å². The van der Waals surface area contributed by atoms with Crippen molar-refractivity contribution in [2.24, 2.45) is 0 Å². The fourth-order valence-electron chi connectivity index (χ4n) is 7.13. The van der Waals surface area contributed by atoms with Gasteiger partial charge in [-0.25, -0.2) is 4.98 Å². The number of thiazole rings is 1. The average molecular weight is 755 g/mol. The van der Waals surface area contributed by atoms with Gasteiger partial charge in [0.25, 0.3) is 0 Å². The molecule has 12 heteroatoms. The van der Waals surface area contributed by atoms with Crippen molar-refractivity contribution in [1.29, 1.82) is 0 Å². The second kappa shape index (κ2) is 12.3. The molecule has 8 nitrogen and oxygen atoms in total. The number of nitrogens with zero attached hydrogens (tertiary/aromatic N) is 8. The molecular formula is C41H22N8S4. The molecular weight excluding hydrogens is 733 g/mol. The fourth-order valence-corrected chi connectivity index (χ4v) is 9.78. The first-order chi connectivity index (χ1) is 26.3. The van der Waals surface area contributed by atoms with Gasteiger partial charge >= 0.3 is 0 Å². The van der Waals surface area contributed by atoms with Gasteiger partial charge in [-0.2, -0.15) is 26.2 Å². The van der Waals surface area contributed by atoms with Crippen LogP contribution in [-0.2, 0) is 0 Å². The lowest BCUT2D eigenvalue weighted by Gasteiger charge is -2.26. The van der Waals surface area contributed by atoms with Gasteiger partial charge in [-0.3, -0.25) is 0 Å². The Bertz CT molecular complexity index is 3120.